The van der Waals surface area contributed by atoms with Gasteiger partial charge in [-0.25, -0.2) is 4.98 Å². The van der Waals surface area contributed by atoms with Crippen LogP contribution in [0.3, 0.4) is 0 Å². The average molecular weight is 231 g/mol. The van der Waals surface area contributed by atoms with E-state index in [9.17, 15) is 4.79 Å². The summed E-state index contributed by atoms with van der Waals surface area (Å²) >= 11 is 3.26. The highest BCUT2D eigenvalue weighted by molar-refractivity contribution is 9.08. The van der Waals surface area contributed by atoms with Crippen LogP contribution in [0.1, 0.15) is 36.1 Å². The van der Waals surface area contributed by atoms with E-state index in [0.29, 0.717) is 5.69 Å². The van der Waals surface area contributed by atoms with Crippen molar-refractivity contribution >= 4 is 22.4 Å². The summed E-state index contributed by atoms with van der Waals surface area (Å²) in [4.78, 5) is 14.5. The number of imidazole rings is 1. The third-order valence-corrected chi connectivity index (χ3v) is 2.49. The Hall–Kier alpha value is -0.640. The number of halogens is 1. The van der Waals surface area contributed by atoms with Gasteiger partial charge in [-0.3, -0.25) is 8.39 Å². The molecule has 0 aliphatic carbocycles. The second-order valence-corrected chi connectivity index (χ2v) is 3.31. The van der Waals surface area contributed by atoms with Crippen molar-refractivity contribution in [1.82, 2.24) is 8.58 Å². The summed E-state index contributed by atoms with van der Waals surface area (Å²) in [5.41, 5.74) is 0.570. The highest BCUT2D eigenvalue weighted by Gasteiger charge is 2.05. The molecule has 0 saturated carbocycles. The molecule has 66 valence electrons. The largest absolute Gasteiger partial charge is 0.296 e. The van der Waals surface area contributed by atoms with E-state index in [2.05, 4.69) is 28.1 Å². The van der Waals surface area contributed by atoms with Crippen LogP contribution in [0.5, 0.6) is 0 Å². The Bertz CT molecular complexity index is 270. The summed E-state index contributed by atoms with van der Waals surface area (Å²) < 4.78 is 1.66. The molecule has 0 aliphatic heterocycles. The summed E-state index contributed by atoms with van der Waals surface area (Å²) in [7, 11) is 0. The van der Waals surface area contributed by atoms with Crippen LogP contribution in [0.2, 0.25) is 0 Å². The lowest BCUT2D eigenvalue weighted by Crippen LogP contribution is -1.95. The molecule has 0 atom stereocenters. The maximum atomic E-state index is 10.4. The molecular formula is C8H11BrN2O. The van der Waals surface area contributed by atoms with Crippen LogP contribution in [-0.2, 0) is 6.42 Å². The van der Waals surface area contributed by atoms with E-state index in [0.717, 1.165) is 31.4 Å². The third kappa shape index (κ3) is 1.94. The summed E-state index contributed by atoms with van der Waals surface area (Å²) in [5.74, 6) is 0.916. The minimum Gasteiger partial charge on any atom is -0.296 e. The molecule has 1 heterocycles. The number of unbranched alkanes of at least 4 members (excludes halogenated alkanes) is 1. The van der Waals surface area contributed by atoms with Gasteiger partial charge in [0.05, 0.1) is 22.3 Å². The Morgan fingerprint density at radius 1 is 1.75 bits per heavy atom. The standard InChI is InChI=1S/C8H11BrN2O/c1-2-3-4-8-10-5-7(6-12)11(8)9/h5-6H,2-4H2,1H3. The molecule has 4 heteroatoms. The molecule has 0 N–H and O–H groups in total. The predicted octanol–water partition coefficient (Wildman–Crippen LogP) is 2.20. The number of aryl methyl sites for hydroxylation is 1. The SMILES string of the molecule is CCCCc1ncc(C=O)n1Br. The topological polar surface area (TPSA) is 34.9 Å². The van der Waals surface area contributed by atoms with Crippen molar-refractivity contribution in [3.63, 3.8) is 0 Å². The van der Waals surface area contributed by atoms with Crippen molar-refractivity contribution < 1.29 is 4.79 Å². The van der Waals surface area contributed by atoms with Crippen LogP contribution in [0.25, 0.3) is 0 Å². The van der Waals surface area contributed by atoms with E-state index in [1.165, 1.54) is 0 Å². The molecule has 0 spiro atoms. The van der Waals surface area contributed by atoms with Gasteiger partial charge < -0.3 is 0 Å². The number of aldehydes is 1. The van der Waals surface area contributed by atoms with E-state index in [-0.39, 0.29) is 0 Å². The minimum absolute atomic E-state index is 0.570. The van der Waals surface area contributed by atoms with Crippen molar-refractivity contribution in [1.29, 1.82) is 0 Å². The maximum absolute atomic E-state index is 10.4. The van der Waals surface area contributed by atoms with Gasteiger partial charge in [-0.1, -0.05) is 13.3 Å². The zero-order valence-corrected chi connectivity index (χ0v) is 8.54. The first-order valence-corrected chi connectivity index (χ1v) is 4.68. The molecule has 3 nitrogen and oxygen atoms in total. The zero-order valence-electron chi connectivity index (χ0n) is 6.96. The Kier molecular flexibility index (Phi) is 3.47. The first-order valence-electron chi connectivity index (χ1n) is 3.97. The summed E-state index contributed by atoms with van der Waals surface area (Å²) in [6.07, 6.45) is 5.51. The monoisotopic (exact) mass is 230 g/mol. The van der Waals surface area contributed by atoms with Crippen molar-refractivity contribution in [3.05, 3.63) is 17.7 Å². The third-order valence-electron chi connectivity index (χ3n) is 1.67. The molecular weight excluding hydrogens is 220 g/mol. The molecule has 0 fully saturated rings. The number of nitrogens with zero attached hydrogens (tertiary/aromatic N) is 2. The number of hydrogen-bond donors (Lipinski definition) is 0. The Morgan fingerprint density at radius 3 is 3.00 bits per heavy atom. The van der Waals surface area contributed by atoms with Gasteiger partial charge in [0, 0.05) is 6.42 Å². The van der Waals surface area contributed by atoms with Crippen molar-refractivity contribution in [2.45, 2.75) is 26.2 Å². The van der Waals surface area contributed by atoms with Gasteiger partial charge in [0.25, 0.3) is 0 Å². The van der Waals surface area contributed by atoms with Gasteiger partial charge in [-0.15, -0.1) is 0 Å². The van der Waals surface area contributed by atoms with Gasteiger partial charge in [-0.05, 0) is 6.42 Å². The summed E-state index contributed by atoms with van der Waals surface area (Å²) in [5, 5.41) is 0. The number of hydrogen-bond acceptors (Lipinski definition) is 2. The van der Waals surface area contributed by atoms with E-state index in [1.54, 1.807) is 9.79 Å². The summed E-state index contributed by atoms with van der Waals surface area (Å²) in [6.45, 7) is 2.13. The predicted molar refractivity (Wildman–Crippen MR) is 50.6 cm³/mol. The van der Waals surface area contributed by atoms with Gasteiger partial charge in [0.2, 0.25) is 0 Å². The van der Waals surface area contributed by atoms with E-state index < -0.39 is 0 Å². The second kappa shape index (κ2) is 4.40. The lowest BCUT2D eigenvalue weighted by Gasteiger charge is -1.97. The van der Waals surface area contributed by atoms with E-state index in [4.69, 9.17) is 0 Å². The Labute approximate surface area is 80.1 Å². The quantitative estimate of drug-likeness (QED) is 0.744. The van der Waals surface area contributed by atoms with Crippen LogP contribution in [-0.4, -0.2) is 14.9 Å². The molecule has 0 saturated heterocycles. The van der Waals surface area contributed by atoms with Crippen LogP contribution >= 0.6 is 16.1 Å². The molecule has 0 aromatic carbocycles. The second-order valence-electron chi connectivity index (χ2n) is 2.60. The van der Waals surface area contributed by atoms with Crippen LogP contribution in [0, 0.1) is 0 Å². The van der Waals surface area contributed by atoms with Crippen LogP contribution in [0.15, 0.2) is 6.20 Å². The van der Waals surface area contributed by atoms with Crippen molar-refractivity contribution in [2.75, 3.05) is 0 Å². The average Bonchev–Trinajstić information content (AvgIpc) is 2.43. The normalized spacial score (nSPS) is 10.2. The zero-order chi connectivity index (χ0) is 8.97. The smallest absolute Gasteiger partial charge is 0.168 e. The lowest BCUT2D eigenvalue weighted by molar-refractivity contribution is 0.111. The van der Waals surface area contributed by atoms with Gasteiger partial charge in [0.1, 0.15) is 11.5 Å². The fourth-order valence-corrected chi connectivity index (χ4v) is 1.41. The van der Waals surface area contributed by atoms with Crippen LogP contribution in [0.4, 0.5) is 0 Å². The highest BCUT2D eigenvalue weighted by Crippen LogP contribution is 2.09. The molecule has 1 aromatic heterocycles. The Balaban J connectivity index is 2.72. The Morgan fingerprint density at radius 2 is 2.50 bits per heavy atom. The first-order chi connectivity index (χ1) is 5.79. The number of carbonyl (C=O) groups is 1. The fourth-order valence-electron chi connectivity index (χ4n) is 0.965. The van der Waals surface area contributed by atoms with Gasteiger partial charge in [0.15, 0.2) is 6.29 Å². The molecule has 1 rings (SSSR count). The first kappa shape index (κ1) is 9.45. The maximum Gasteiger partial charge on any atom is 0.168 e. The van der Waals surface area contributed by atoms with E-state index >= 15 is 0 Å². The van der Waals surface area contributed by atoms with Gasteiger partial charge >= 0.3 is 0 Å². The van der Waals surface area contributed by atoms with Crippen LogP contribution < -0.4 is 0 Å². The fraction of sp³-hybridized carbons (Fsp3) is 0.500. The molecule has 0 aliphatic rings. The molecule has 12 heavy (non-hydrogen) atoms. The molecule has 0 unspecified atom stereocenters. The molecule has 1 aromatic rings. The van der Waals surface area contributed by atoms with Gasteiger partial charge in [-0.2, -0.15) is 0 Å². The number of rotatable bonds is 4. The number of aromatic nitrogens is 2. The van der Waals surface area contributed by atoms with Crippen molar-refractivity contribution in [3.8, 4) is 0 Å². The van der Waals surface area contributed by atoms with Crippen molar-refractivity contribution in [2.24, 2.45) is 0 Å². The molecule has 0 bridgehead atoms. The number of carbonyl (C=O) groups excluding carboxylic acids is 1. The highest BCUT2D eigenvalue weighted by atomic mass is 79.9. The minimum atomic E-state index is 0.570. The summed E-state index contributed by atoms with van der Waals surface area (Å²) in [6, 6.07) is 0. The molecule has 0 radical (unpaired) electrons. The molecule has 0 amide bonds. The lowest BCUT2D eigenvalue weighted by atomic mass is 10.2. The van der Waals surface area contributed by atoms with E-state index in [1.807, 2.05) is 0 Å².